The monoisotopic (exact) mass is 357 g/mol. The number of nitrogens with one attached hydrogen (secondary N) is 1. The van der Waals surface area contributed by atoms with E-state index in [0.29, 0.717) is 6.04 Å². The molecule has 1 heterocycles. The Labute approximate surface area is 132 Å². The van der Waals surface area contributed by atoms with E-state index in [4.69, 9.17) is 11.6 Å². The molecule has 1 aromatic heterocycles. The zero-order valence-electron chi connectivity index (χ0n) is 11.3. The number of rotatable bonds is 4. The van der Waals surface area contributed by atoms with Crippen molar-refractivity contribution < 1.29 is 0 Å². The molecular weight excluding hydrogens is 342 g/mol. The van der Waals surface area contributed by atoms with Crippen molar-refractivity contribution in [2.75, 3.05) is 0 Å². The van der Waals surface area contributed by atoms with Gasteiger partial charge in [0.2, 0.25) is 0 Å². The fraction of sp³-hybridized carbons (Fsp3) is 0.333. The molecule has 19 heavy (non-hydrogen) atoms. The number of benzene rings is 1. The van der Waals surface area contributed by atoms with Gasteiger partial charge in [-0.3, -0.25) is 0 Å². The molecule has 0 spiro atoms. The molecule has 102 valence electrons. The Balaban J connectivity index is 2.04. The molecule has 1 atom stereocenters. The van der Waals surface area contributed by atoms with Crippen LogP contribution in [0.1, 0.15) is 33.8 Å². The Kier molecular flexibility index (Phi) is 5.07. The van der Waals surface area contributed by atoms with E-state index in [0.717, 1.165) is 16.0 Å². The lowest BCUT2D eigenvalue weighted by Crippen LogP contribution is -2.18. The summed E-state index contributed by atoms with van der Waals surface area (Å²) in [5.41, 5.74) is 2.62. The van der Waals surface area contributed by atoms with Gasteiger partial charge in [-0.15, -0.1) is 11.3 Å². The van der Waals surface area contributed by atoms with E-state index in [1.807, 2.05) is 23.5 Å². The first-order valence-electron chi connectivity index (χ1n) is 6.21. The average molecular weight is 359 g/mol. The molecule has 1 aromatic carbocycles. The Morgan fingerprint density at radius 1 is 1.32 bits per heavy atom. The van der Waals surface area contributed by atoms with Crippen molar-refractivity contribution in [1.29, 1.82) is 0 Å². The average Bonchev–Trinajstić information content (AvgIpc) is 2.67. The van der Waals surface area contributed by atoms with Gasteiger partial charge in [0.25, 0.3) is 0 Å². The molecule has 2 rings (SSSR count). The highest BCUT2D eigenvalue weighted by atomic mass is 79.9. The minimum Gasteiger partial charge on any atom is -0.306 e. The van der Waals surface area contributed by atoms with Crippen molar-refractivity contribution in [2.45, 2.75) is 33.4 Å². The highest BCUT2D eigenvalue weighted by Gasteiger charge is 2.11. The van der Waals surface area contributed by atoms with Crippen LogP contribution in [-0.2, 0) is 6.54 Å². The third kappa shape index (κ3) is 3.82. The molecule has 4 heteroatoms. The van der Waals surface area contributed by atoms with E-state index in [9.17, 15) is 0 Å². The summed E-state index contributed by atoms with van der Waals surface area (Å²) in [6.45, 7) is 7.37. The Morgan fingerprint density at radius 2 is 2.05 bits per heavy atom. The summed E-state index contributed by atoms with van der Waals surface area (Å²) >= 11 is 11.4. The number of thiophene rings is 1. The predicted octanol–water partition coefficient (Wildman–Crippen LogP) is 5.63. The first-order valence-corrected chi connectivity index (χ1v) is 8.20. The summed E-state index contributed by atoms with van der Waals surface area (Å²) in [4.78, 5) is 2.77. The van der Waals surface area contributed by atoms with Crippen molar-refractivity contribution in [3.63, 3.8) is 0 Å². The normalized spacial score (nSPS) is 12.7. The highest BCUT2D eigenvalue weighted by molar-refractivity contribution is 9.10. The molecule has 0 aliphatic heterocycles. The van der Waals surface area contributed by atoms with Crippen LogP contribution < -0.4 is 5.32 Å². The lowest BCUT2D eigenvalue weighted by Gasteiger charge is -2.15. The highest BCUT2D eigenvalue weighted by Crippen LogP contribution is 2.27. The Bertz CT molecular complexity index is 580. The van der Waals surface area contributed by atoms with Crippen molar-refractivity contribution in [1.82, 2.24) is 5.32 Å². The van der Waals surface area contributed by atoms with Crippen molar-refractivity contribution in [2.24, 2.45) is 0 Å². The van der Waals surface area contributed by atoms with Crippen LogP contribution in [0.4, 0.5) is 0 Å². The van der Waals surface area contributed by atoms with E-state index >= 15 is 0 Å². The molecule has 1 nitrogen and oxygen atoms in total. The van der Waals surface area contributed by atoms with Gasteiger partial charge in [-0.2, -0.15) is 0 Å². The molecule has 2 aromatic rings. The summed E-state index contributed by atoms with van der Waals surface area (Å²) in [5, 5.41) is 4.32. The van der Waals surface area contributed by atoms with Gasteiger partial charge in [0.1, 0.15) is 0 Å². The second-order valence-corrected chi connectivity index (χ2v) is 7.46. The van der Waals surface area contributed by atoms with Gasteiger partial charge < -0.3 is 5.32 Å². The molecule has 0 amide bonds. The fourth-order valence-electron chi connectivity index (χ4n) is 2.12. The molecule has 0 radical (unpaired) electrons. The van der Waals surface area contributed by atoms with Crippen LogP contribution in [-0.4, -0.2) is 0 Å². The summed E-state index contributed by atoms with van der Waals surface area (Å²) in [5.74, 6) is 0. The van der Waals surface area contributed by atoms with Crippen LogP contribution in [0.25, 0.3) is 0 Å². The smallest absolute Gasteiger partial charge is 0.0417 e. The summed E-state index contributed by atoms with van der Waals surface area (Å²) in [6, 6.07) is 8.54. The van der Waals surface area contributed by atoms with E-state index in [2.05, 4.69) is 54.2 Å². The molecule has 0 bridgehead atoms. The van der Waals surface area contributed by atoms with Gasteiger partial charge in [0.05, 0.1) is 0 Å². The van der Waals surface area contributed by atoms with Crippen LogP contribution in [0.2, 0.25) is 5.02 Å². The minimum atomic E-state index is 0.354. The zero-order chi connectivity index (χ0) is 14.0. The molecule has 0 aliphatic rings. The fourth-order valence-corrected chi connectivity index (χ4v) is 3.96. The number of hydrogen-bond donors (Lipinski definition) is 1. The minimum absolute atomic E-state index is 0.354. The van der Waals surface area contributed by atoms with Gasteiger partial charge in [0.15, 0.2) is 0 Å². The molecular formula is C15H17BrClNS. The predicted molar refractivity (Wildman–Crippen MR) is 88.2 cm³/mol. The van der Waals surface area contributed by atoms with Gasteiger partial charge in [0, 0.05) is 31.8 Å². The lowest BCUT2D eigenvalue weighted by molar-refractivity contribution is 0.573. The largest absolute Gasteiger partial charge is 0.306 e. The first-order chi connectivity index (χ1) is 8.97. The zero-order valence-corrected chi connectivity index (χ0v) is 14.4. The molecule has 0 aliphatic carbocycles. The second kappa shape index (κ2) is 6.40. The maximum absolute atomic E-state index is 5.95. The molecule has 0 saturated heterocycles. The third-order valence-electron chi connectivity index (χ3n) is 3.16. The summed E-state index contributed by atoms with van der Waals surface area (Å²) in [7, 11) is 0. The van der Waals surface area contributed by atoms with Gasteiger partial charge in [-0.1, -0.05) is 33.6 Å². The van der Waals surface area contributed by atoms with Gasteiger partial charge in [-0.05, 0) is 50.1 Å². The summed E-state index contributed by atoms with van der Waals surface area (Å²) in [6.07, 6.45) is 0. The first kappa shape index (κ1) is 15.0. The van der Waals surface area contributed by atoms with Gasteiger partial charge in [-0.25, -0.2) is 0 Å². The van der Waals surface area contributed by atoms with Crippen LogP contribution in [0.15, 0.2) is 28.7 Å². The van der Waals surface area contributed by atoms with Crippen LogP contribution in [0, 0.1) is 13.8 Å². The summed E-state index contributed by atoms with van der Waals surface area (Å²) < 4.78 is 1.05. The van der Waals surface area contributed by atoms with Crippen molar-refractivity contribution >= 4 is 38.9 Å². The van der Waals surface area contributed by atoms with Crippen molar-refractivity contribution in [3.8, 4) is 0 Å². The van der Waals surface area contributed by atoms with Crippen molar-refractivity contribution in [3.05, 3.63) is 54.6 Å². The molecule has 0 fully saturated rings. The Hall–Kier alpha value is -0.350. The van der Waals surface area contributed by atoms with E-state index in [1.165, 1.54) is 20.9 Å². The van der Waals surface area contributed by atoms with E-state index < -0.39 is 0 Å². The third-order valence-corrected chi connectivity index (χ3v) is 5.11. The number of aryl methyl sites for hydroxylation is 2. The van der Waals surface area contributed by atoms with Gasteiger partial charge >= 0.3 is 0 Å². The maximum atomic E-state index is 5.95. The Morgan fingerprint density at radius 3 is 2.63 bits per heavy atom. The maximum Gasteiger partial charge on any atom is 0.0417 e. The van der Waals surface area contributed by atoms with E-state index in [1.54, 1.807) is 0 Å². The number of halogens is 2. The molecule has 1 N–H and O–H groups in total. The quantitative estimate of drug-likeness (QED) is 0.746. The van der Waals surface area contributed by atoms with E-state index in [-0.39, 0.29) is 0 Å². The molecule has 1 unspecified atom stereocenters. The second-order valence-electron chi connectivity index (χ2n) is 4.71. The lowest BCUT2D eigenvalue weighted by atomic mass is 10.1. The SMILES string of the molecule is Cc1cc(C(C)NCc2ccc(Cl)cc2Br)c(C)s1. The topological polar surface area (TPSA) is 12.0 Å². The van der Waals surface area contributed by atoms with Crippen LogP contribution in [0.5, 0.6) is 0 Å². The standard InChI is InChI=1S/C15H17BrClNS/c1-9-6-14(11(3)19-9)10(2)18-8-12-4-5-13(17)7-15(12)16/h4-7,10,18H,8H2,1-3H3. The van der Waals surface area contributed by atoms with Crippen LogP contribution >= 0.6 is 38.9 Å². The number of hydrogen-bond acceptors (Lipinski definition) is 2. The van der Waals surface area contributed by atoms with Crippen LogP contribution in [0.3, 0.4) is 0 Å². The molecule has 0 saturated carbocycles.